The van der Waals surface area contributed by atoms with Crippen molar-refractivity contribution < 1.29 is 9.90 Å². The molecule has 1 N–H and O–H groups in total. The molecule has 1 aromatic carbocycles. The maximum absolute atomic E-state index is 10.7. The molecule has 1 aromatic rings. The Morgan fingerprint density at radius 1 is 1.56 bits per heavy atom. The first-order valence-corrected chi connectivity index (χ1v) is 5.10. The summed E-state index contributed by atoms with van der Waals surface area (Å²) in [5.74, 6) is -0.932. The highest BCUT2D eigenvalue weighted by molar-refractivity contribution is 6.30. The van der Waals surface area contributed by atoms with Gasteiger partial charge in [0.25, 0.3) is 0 Å². The zero-order valence-electron chi connectivity index (χ0n) is 8.56. The molecule has 0 saturated carbocycles. The zero-order chi connectivity index (χ0) is 12.0. The van der Waals surface area contributed by atoms with Gasteiger partial charge in [0.05, 0.1) is 12.5 Å². The van der Waals surface area contributed by atoms with Crippen molar-refractivity contribution in [2.75, 3.05) is 18.0 Å². The minimum Gasteiger partial charge on any atom is -0.480 e. The maximum atomic E-state index is 10.7. The summed E-state index contributed by atoms with van der Waals surface area (Å²) in [6.45, 7) is 0.241. The number of rotatable bonds is 5. The van der Waals surface area contributed by atoms with Crippen molar-refractivity contribution in [1.29, 1.82) is 5.26 Å². The van der Waals surface area contributed by atoms with Crippen molar-refractivity contribution in [2.24, 2.45) is 0 Å². The first-order chi connectivity index (χ1) is 7.63. The van der Waals surface area contributed by atoms with Crippen LogP contribution in [0.25, 0.3) is 0 Å². The van der Waals surface area contributed by atoms with Gasteiger partial charge in [0.2, 0.25) is 0 Å². The van der Waals surface area contributed by atoms with E-state index >= 15 is 0 Å². The third kappa shape index (κ3) is 3.79. The van der Waals surface area contributed by atoms with Gasteiger partial charge in [-0.1, -0.05) is 17.7 Å². The van der Waals surface area contributed by atoms with Gasteiger partial charge in [0, 0.05) is 17.3 Å². The highest BCUT2D eigenvalue weighted by Gasteiger charge is 2.10. The monoisotopic (exact) mass is 238 g/mol. The second-order valence-corrected chi connectivity index (χ2v) is 3.64. The number of halogens is 1. The second-order valence-electron chi connectivity index (χ2n) is 3.20. The van der Waals surface area contributed by atoms with Crippen LogP contribution in [0.4, 0.5) is 5.69 Å². The number of carboxylic acid groups (broad SMARTS) is 1. The Kier molecular flexibility index (Phi) is 4.62. The first-order valence-electron chi connectivity index (χ1n) is 4.72. The standard InChI is InChI=1S/C11H11ClN2O2/c12-9-3-1-4-10(7-9)14(6-2-5-13)8-11(15)16/h1,3-4,7H,2,6,8H2,(H,15,16). The van der Waals surface area contributed by atoms with Crippen LogP contribution in [0.1, 0.15) is 6.42 Å². The van der Waals surface area contributed by atoms with Gasteiger partial charge in [-0.3, -0.25) is 4.79 Å². The molecule has 0 heterocycles. The van der Waals surface area contributed by atoms with Crippen LogP contribution in [-0.4, -0.2) is 24.2 Å². The van der Waals surface area contributed by atoms with Crippen LogP contribution in [0.15, 0.2) is 24.3 Å². The number of nitrogens with zero attached hydrogens (tertiary/aromatic N) is 2. The summed E-state index contributed by atoms with van der Waals surface area (Å²) in [5, 5.41) is 17.8. The number of nitriles is 1. The van der Waals surface area contributed by atoms with E-state index in [2.05, 4.69) is 0 Å². The van der Waals surface area contributed by atoms with Crippen LogP contribution >= 0.6 is 11.6 Å². The Hall–Kier alpha value is -1.73. The summed E-state index contributed by atoms with van der Waals surface area (Å²) in [6, 6.07) is 8.91. The maximum Gasteiger partial charge on any atom is 0.323 e. The molecule has 0 aromatic heterocycles. The summed E-state index contributed by atoms with van der Waals surface area (Å²) in [7, 11) is 0. The summed E-state index contributed by atoms with van der Waals surface area (Å²) in [5.41, 5.74) is 0.713. The topological polar surface area (TPSA) is 64.3 Å². The second kappa shape index (κ2) is 5.99. The predicted octanol–water partition coefficient (Wildman–Crippen LogP) is 2.14. The zero-order valence-corrected chi connectivity index (χ0v) is 9.31. The van der Waals surface area contributed by atoms with Crippen LogP contribution in [0.2, 0.25) is 5.02 Å². The Balaban J connectivity index is 2.83. The molecule has 0 saturated heterocycles. The number of carbonyl (C=O) groups is 1. The molecule has 4 nitrogen and oxygen atoms in total. The smallest absolute Gasteiger partial charge is 0.323 e. The molecular formula is C11H11ClN2O2. The molecule has 5 heteroatoms. The molecule has 0 amide bonds. The van der Waals surface area contributed by atoms with E-state index in [0.29, 0.717) is 17.3 Å². The number of carboxylic acids is 1. The molecule has 0 aliphatic heterocycles. The van der Waals surface area contributed by atoms with Crippen LogP contribution < -0.4 is 4.90 Å². The van der Waals surface area contributed by atoms with E-state index in [0.717, 1.165) is 0 Å². The lowest BCUT2D eigenvalue weighted by Crippen LogP contribution is -2.30. The first kappa shape index (κ1) is 12.3. The van der Waals surface area contributed by atoms with Crippen molar-refractivity contribution in [2.45, 2.75) is 6.42 Å². The van der Waals surface area contributed by atoms with Gasteiger partial charge in [-0.15, -0.1) is 0 Å². The third-order valence-electron chi connectivity index (χ3n) is 1.99. The fourth-order valence-corrected chi connectivity index (χ4v) is 1.51. The quantitative estimate of drug-likeness (QED) is 0.854. The van der Waals surface area contributed by atoms with Crippen molar-refractivity contribution in [1.82, 2.24) is 0 Å². The van der Waals surface area contributed by atoms with E-state index in [1.54, 1.807) is 29.2 Å². The van der Waals surface area contributed by atoms with Gasteiger partial charge in [0.1, 0.15) is 6.54 Å². The van der Waals surface area contributed by atoms with Crippen LogP contribution in [0.3, 0.4) is 0 Å². The van der Waals surface area contributed by atoms with Gasteiger partial charge in [-0.2, -0.15) is 5.26 Å². The summed E-state index contributed by atoms with van der Waals surface area (Å²) in [6.07, 6.45) is 0.278. The van der Waals surface area contributed by atoms with Crippen LogP contribution in [0.5, 0.6) is 0 Å². The molecule has 0 unspecified atom stereocenters. The molecule has 1 rings (SSSR count). The number of benzene rings is 1. The van der Waals surface area contributed by atoms with E-state index in [-0.39, 0.29) is 13.0 Å². The van der Waals surface area contributed by atoms with E-state index < -0.39 is 5.97 Å². The minimum atomic E-state index is -0.932. The molecule has 0 bridgehead atoms. The van der Waals surface area contributed by atoms with Crippen molar-refractivity contribution in [3.8, 4) is 6.07 Å². The molecule has 0 aliphatic carbocycles. The fourth-order valence-electron chi connectivity index (χ4n) is 1.32. The third-order valence-corrected chi connectivity index (χ3v) is 2.23. The molecule has 0 spiro atoms. The van der Waals surface area contributed by atoms with Crippen LogP contribution in [-0.2, 0) is 4.79 Å². The van der Waals surface area contributed by atoms with Crippen molar-refractivity contribution >= 4 is 23.3 Å². The highest BCUT2D eigenvalue weighted by Crippen LogP contribution is 2.19. The van der Waals surface area contributed by atoms with Gasteiger partial charge in [0.15, 0.2) is 0 Å². The Bertz CT molecular complexity index is 415. The van der Waals surface area contributed by atoms with Gasteiger partial charge in [-0.05, 0) is 18.2 Å². The molecule has 84 valence electrons. The van der Waals surface area contributed by atoms with Crippen LogP contribution in [0, 0.1) is 11.3 Å². The van der Waals surface area contributed by atoms with E-state index in [1.807, 2.05) is 6.07 Å². The van der Waals surface area contributed by atoms with Crippen molar-refractivity contribution in [3.05, 3.63) is 29.3 Å². The summed E-state index contributed by atoms with van der Waals surface area (Å²) >= 11 is 5.82. The average molecular weight is 239 g/mol. The number of hydrogen-bond donors (Lipinski definition) is 1. The number of hydrogen-bond acceptors (Lipinski definition) is 3. The largest absolute Gasteiger partial charge is 0.480 e. The lowest BCUT2D eigenvalue weighted by molar-refractivity contribution is -0.135. The average Bonchev–Trinajstić information content (AvgIpc) is 2.23. The number of anilines is 1. The SMILES string of the molecule is N#CCCN(CC(=O)O)c1cccc(Cl)c1. The Morgan fingerprint density at radius 3 is 2.88 bits per heavy atom. The summed E-state index contributed by atoms with van der Waals surface area (Å²) < 4.78 is 0. The summed E-state index contributed by atoms with van der Waals surface area (Å²) in [4.78, 5) is 12.3. The molecule has 0 radical (unpaired) electrons. The van der Waals surface area contributed by atoms with Gasteiger partial charge >= 0.3 is 5.97 Å². The minimum absolute atomic E-state index is 0.137. The number of aliphatic carboxylic acids is 1. The van der Waals surface area contributed by atoms with E-state index in [4.69, 9.17) is 22.0 Å². The van der Waals surface area contributed by atoms with E-state index in [1.165, 1.54) is 0 Å². The Morgan fingerprint density at radius 2 is 2.31 bits per heavy atom. The van der Waals surface area contributed by atoms with E-state index in [9.17, 15) is 4.79 Å². The molecular weight excluding hydrogens is 228 g/mol. The predicted molar refractivity (Wildman–Crippen MR) is 61.5 cm³/mol. The normalized spacial score (nSPS) is 9.50. The molecule has 0 aliphatic rings. The lowest BCUT2D eigenvalue weighted by atomic mass is 10.2. The van der Waals surface area contributed by atoms with Gasteiger partial charge in [-0.25, -0.2) is 0 Å². The molecule has 0 atom stereocenters. The highest BCUT2D eigenvalue weighted by atomic mass is 35.5. The lowest BCUT2D eigenvalue weighted by Gasteiger charge is -2.21. The Labute approximate surface area is 98.7 Å². The fraction of sp³-hybridized carbons (Fsp3) is 0.273. The molecule has 16 heavy (non-hydrogen) atoms. The van der Waals surface area contributed by atoms with Crippen molar-refractivity contribution in [3.63, 3.8) is 0 Å². The van der Waals surface area contributed by atoms with Gasteiger partial charge < -0.3 is 10.0 Å². The molecule has 0 fully saturated rings.